The molecule has 0 aliphatic heterocycles. The van der Waals surface area contributed by atoms with Crippen LogP contribution >= 0.6 is 0 Å². The minimum atomic E-state index is -0.215. The van der Waals surface area contributed by atoms with Crippen LogP contribution in [0.2, 0.25) is 0 Å². The molecule has 1 rings (SSSR count). The highest BCUT2D eigenvalue weighted by atomic mass is 19.1. The third kappa shape index (κ3) is 1.65. The summed E-state index contributed by atoms with van der Waals surface area (Å²) in [5.41, 5.74) is 0.920. The van der Waals surface area contributed by atoms with Crippen LogP contribution in [0.25, 0.3) is 0 Å². The molecule has 10 heavy (non-hydrogen) atoms. The second-order valence-electron chi connectivity index (χ2n) is 1.94. The van der Waals surface area contributed by atoms with Crippen LogP contribution < -0.4 is 0 Å². The number of halogens is 1. The summed E-state index contributed by atoms with van der Waals surface area (Å²) >= 11 is 0. The van der Waals surface area contributed by atoms with E-state index in [1.807, 2.05) is 0 Å². The van der Waals surface area contributed by atoms with Crippen LogP contribution in [0.3, 0.4) is 0 Å². The SMILES string of the molecule is C/N=C/c1ccc(F)cc1. The van der Waals surface area contributed by atoms with Gasteiger partial charge in [-0.15, -0.1) is 0 Å². The lowest BCUT2D eigenvalue weighted by Crippen LogP contribution is -1.79. The Hall–Kier alpha value is -1.18. The normalized spacial score (nSPS) is 10.6. The standard InChI is InChI=1S/C8H8FN/c1-10-6-7-2-4-8(9)5-3-7/h2-6H,1H3/b10-6+. The Labute approximate surface area is 59.2 Å². The Morgan fingerprint density at radius 3 is 2.40 bits per heavy atom. The maximum atomic E-state index is 12.3. The fraction of sp³-hybridized carbons (Fsp3) is 0.125. The largest absolute Gasteiger partial charge is 0.296 e. The molecule has 0 unspecified atom stereocenters. The molecule has 0 fully saturated rings. The van der Waals surface area contributed by atoms with Gasteiger partial charge >= 0.3 is 0 Å². The highest BCUT2D eigenvalue weighted by Crippen LogP contribution is 1.99. The first kappa shape index (κ1) is 6.93. The molecule has 0 bridgehead atoms. The van der Waals surface area contributed by atoms with E-state index in [9.17, 15) is 4.39 Å². The number of aliphatic imine (C=N–C) groups is 1. The van der Waals surface area contributed by atoms with Crippen molar-refractivity contribution in [2.24, 2.45) is 4.99 Å². The van der Waals surface area contributed by atoms with Gasteiger partial charge in [0, 0.05) is 13.3 Å². The van der Waals surface area contributed by atoms with E-state index in [2.05, 4.69) is 4.99 Å². The van der Waals surface area contributed by atoms with Gasteiger partial charge in [-0.05, 0) is 17.7 Å². The smallest absolute Gasteiger partial charge is 0.123 e. The molecule has 0 atom stereocenters. The summed E-state index contributed by atoms with van der Waals surface area (Å²) in [5.74, 6) is -0.215. The van der Waals surface area contributed by atoms with Crippen molar-refractivity contribution in [1.82, 2.24) is 0 Å². The Balaban J connectivity index is 2.89. The first-order valence-electron chi connectivity index (χ1n) is 3.00. The van der Waals surface area contributed by atoms with Gasteiger partial charge in [0.05, 0.1) is 0 Å². The van der Waals surface area contributed by atoms with Crippen LogP contribution in [0.5, 0.6) is 0 Å². The summed E-state index contributed by atoms with van der Waals surface area (Å²) in [6.45, 7) is 0. The van der Waals surface area contributed by atoms with Gasteiger partial charge in [-0.25, -0.2) is 4.39 Å². The number of benzene rings is 1. The third-order valence-electron chi connectivity index (χ3n) is 1.15. The van der Waals surface area contributed by atoms with Crippen molar-refractivity contribution in [3.05, 3.63) is 35.6 Å². The predicted molar refractivity (Wildman–Crippen MR) is 39.9 cm³/mol. The quantitative estimate of drug-likeness (QED) is 0.524. The Morgan fingerprint density at radius 2 is 1.90 bits per heavy atom. The van der Waals surface area contributed by atoms with Crippen molar-refractivity contribution >= 4 is 6.21 Å². The van der Waals surface area contributed by atoms with Crippen molar-refractivity contribution in [3.8, 4) is 0 Å². The van der Waals surface area contributed by atoms with Gasteiger partial charge in [-0.2, -0.15) is 0 Å². The van der Waals surface area contributed by atoms with E-state index in [0.717, 1.165) is 5.56 Å². The Kier molecular flexibility index (Phi) is 2.15. The molecule has 1 nitrogen and oxygen atoms in total. The third-order valence-corrected chi connectivity index (χ3v) is 1.15. The summed E-state index contributed by atoms with van der Waals surface area (Å²) in [7, 11) is 1.68. The first-order valence-corrected chi connectivity index (χ1v) is 3.00. The molecule has 0 aliphatic rings. The highest BCUT2D eigenvalue weighted by molar-refractivity contribution is 5.79. The maximum Gasteiger partial charge on any atom is 0.123 e. The molecule has 0 saturated carbocycles. The van der Waals surface area contributed by atoms with E-state index in [1.54, 1.807) is 25.4 Å². The molecule has 0 amide bonds. The van der Waals surface area contributed by atoms with Crippen molar-refractivity contribution < 1.29 is 4.39 Å². The number of rotatable bonds is 1. The molecule has 0 N–H and O–H groups in total. The van der Waals surface area contributed by atoms with Gasteiger partial charge in [0.1, 0.15) is 5.82 Å². The first-order chi connectivity index (χ1) is 4.83. The number of hydrogen-bond donors (Lipinski definition) is 0. The molecule has 0 spiro atoms. The summed E-state index contributed by atoms with van der Waals surface area (Å²) < 4.78 is 12.3. The fourth-order valence-electron chi connectivity index (χ4n) is 0.698. The van der Waals surface area contributed by atoms with E-state index in [0.29, 0.717) is 0 Å². The van der Waals surface area contributed by atoms with Gasteiger partial charge < -0.3 is 0 Å². The molecule has 0 saturated heterocycles. The van der Waals surface area contributed by atoms with Gasteiger partial charge in [-0.3, -0.25) is 4.99 Å². The molecular formula is C8H8FN. The van der Waals surface area contributed by atoms with Crippen LogP contribution in [-0.4, -0.2) is 13.3 Å². The van der Waals surface area contributed by atoms with Gasteiger partial charge in [0.15, 0.2) is 0 Å². The zero-order chi connectivity index (χ0) is 7.40. The van der Waals surface area contributed by atoms with E-state index >= 15 is 0 Å². The van der Waals surface area contributed by atoms with E-state index in [4.69, 9.17) is 0 Å². The van der Waals surface area contributed by atoms with E-state index < -0.39 is 0 Å². The lowest BCUT2D eigenvalue weighted by atomic mass is 10.2. The van der Waals surface area contributed by atoms with Crippen molar-refractivity contribution in [2.75, 3.05) is 7.05 Å². The molecular weight excluding hydrogens is 129 g/mol. The fourth-order valence-corrected chi connectivity index (χ4v) is 0.698. The van der Waals surface area contributed by atoms with Gasteiger partial charge in [0.2, 0.25) is 0 Å². The monoisotopic (exact) mass is 137 g/mol. The summed E-state index contributed by atoms with van der Waals surface area (Å²) in [4.78, 5) is 3.79. The number of nitrogens with zero attached hydrogens (tertiary/aromatic N) is 1. The minimum Gasteiger partial charge on any atom is -0.296 e. The Bertz CT molecular complexity index is 226. The second kappa shape index (κ2) is 3.11. The topological polar surface area (TPSA) is 12.4 Å². The van der Waals surface area contributed by atoms with Gasteiger partial charge in [-0.1, -0.05) is 12.1 Å². The minimum absolute atomic E-state index is 0.215. The van der Waals surface area contributed by atoms with Crippen LogP contribution in [0.1, 0.15) is 5.56 Å². The van der Waals surface area contributed by atoms with Crippen molar-refractivity contribution in [1.29, 1.82) is 0 Å². The molecule has 2 heteroatoms. The lowest BCUT2D eigenvalue weighted by Gasteiger charge is -1.89. The van der Waals surface area contributed by atoms with E-state index in [1.165, 1.54) is 12.1 Å². The molecule has 52 valence electrons. The van der Waals surface area contributed by atoms with Crippen LogP contribution in [-0.2, 0) is 0 Å². The maximum absolute atomic E-state index is 12.3. The zero-order valence-corrected chi connectivity index (χ0v) is 5.71. The van der Waals surface area contributed by atoms with E-state index in [-0.39, 0.29) is 5.82 Å². The van der Waals surface area contributed by atoms with Crippen LogP contribution in [0.4, 0.5) is 4.39 Å². The van der Waals surface area contributed by atoms with Crippen molar-refractivity contribution in [3.63, 3.8) is 0 Å². The van der Waals surface area contributed by atoms with Gasteiger partial charge in [0.25, 0.3) is 0 Å². The van der Waals surface area contributed by atoms with Crippen LogP contribution in [0.15, 0.2) is 29.3 Å². The summed E-state index contributed by atoms with van der Waals surface area (Å²) in [5, 5.41) is 0. The molecule has 0 radical (unpaired) electrons. The average molecular weight is 137 g/mol. The summed E-state index contributed by atoms with van der Waals surface area (Å²) in [6, 6.07) is 6.19. The number of hydrogen-bond acceptors (Lipinski definition) is 1. The van der Waals surface area contributed by atoms with Crippen LogP contribution in [0, 0.1) is 5.82 Å². The lowest BCUT2D eigenvalue weighted by molar-refractivity contribution is 0.628. The van der Waals surface area contributed by atoms with Crippen molar-refractivity contribution in [2.45, 2.75) is 0 Å². The average Bonchev–Trinajstić information content (AvgIpc) is 1.95. The molecule has 0 aromatic heterocycles. The molecule has 1 aromatic rings. The predicted octanol–water partition coefficient (Wildman–Crippen LogP) is 1.87. The zero-order valence-electron chi connectivity index (χ0n) is 5.71. The molecule has 1 aromatic carbocycles. The summed E-state index contributed by atoms with van der Waals surface area (Å²) in [6.07, 6.45) is 1.68. The molecule has 0 heterocycles. The highest BCUT2D eigenvalue weighted by Gasteiger charge is 1.87. The molecule has 0 aliphatic carbocycles. The second-order valence-corrected chi connectivity index (χ2v) is 1.94. The Morgan fingerprint density at radius 1 is 1.30 bits per heavy atom.